The van der Waals surface area contributed by atoms with Crippen LogP contribution in [-0.4, -0.2) is 26.0 Å². The van der Waals surface area contributed by atoms with Crippen molar-refractivity contribution in [3.05, 3.63) is 28.2 Å². The van der Waals surface area contributed by atoms with E-state index in [1.54, 1.807) is 30.1 Å². The average molecular weight is 259 g/mol. The first kappa shape index (κ1) is 11.7. The fourth-order valence-corrected chi connectivity index (χ4v) is 1.85. The number of hydrogen-bond donors (Lipinski definition) is 1. The summed E-state index contributed by atoms with van der Waals surface area (Å²) in [5.74, 6) is 0.191. The standard InChI is InChI=1S/C11H12Cl2N2O/c1-15(11(16)7-5-14-6-7)8-2-3-9(12)10(13)4-8/h2-4,7,14H,5-6H2,1H3. The number of nitrogens with zero attached hydrogens (tertiary/aromatic N) is 1. The normalized spacial score (nSPS) is 15.7. The Morgan fingerprint density at radius 3 is 2.56 bits per heavy atom. The zero-order valence-electron chi connectivity index (χ0n) is 8.84. The average Bonchev–Trinajstić information content (AvgIpc) is 2.18. The first-order valence-electron chi connectivity index (χ1n) is 5.03. The third kappa shape index (κ3) is 2.17. The molecule has 0 spiro atoms. The van der Waals surface area contributed by atoms with Gasteiger partial charge in [-0.05, 0) is 18.2 Å². The van der Waals surface area contributed by atoms with Crippen LogP contribution < -0.4 is 10.2 Å². The van der Waals surface area contributed by atoms with Gasteiger partial charge in [0.05, 0.1) is 16.0 Å². The fraction of sp³-hybridized carbons (Fsp3) is 0.364. The highest BCUT2D eigenvalue weighted by Crippen LogP contribution is 2.27. The molecule has 1 saturated heterocycles. The molecule has 0 radical (unpaired) electrons. The second-order valence-electron chi connectivity index (χ2n) is 3.85. The predicted octanol–water partition coefficient (Wildman–Crippen LogP) is 2.18. The van der Waals surface area contributed by atoms with Crippen LogP contribution in [0, 0.1) is 5.92 Å². The second kappa shape index (κ2) is 4.62. The Kier molecular flexibility index (Phi) is 3.38. The van der Waals surface area contributed by atoms with E-state index >= 15 is 0 Å². The Morgan fingerprint density at radius 1 is 1.38 bits per heavy atom. The zero-order chi connectivity index (χ0) is 11.7. The highest BCUT2D eigenvalue weighted by Gasteiger charge is 2.28. The lowest BCUT2D eigenvalue weighted by atomic mass is 10.0. The van der Waals surface area contributed by atoms with Gasteiger partial charge in [0.25, 0.3) is 0 Å². The van der Waals surface area contributed by atoms with E-state index in [9.17, 15) is 4.79 Å². The lowest BCUT2D eigenvalue weighted by Gasteiger charge is -2.30. The molecule has 1 heterocycles. The minimum absolute atomic E-state index is 0.0828. The lowest BCUT2D eigenvalue weighted by Crippen LogP contribution is -2.51. The molecule has 1 aromatic rings. The van der Waals surface area contributed by atoms with E-state index in [1.165, 1.54) is 0 Å². The van der Waals surface area contributed by atoms with Gasteiger partial charge in [0.1, 0.15) is 0 Å². The summed E-state index contributed by atoms with van der Waals surface area (Å²) in [5.41, 5.74) is 0.770. The monoisotopic (exact) mass is 258 g/mol. The van der Waals surface area contributed by atoms with Crippen LogP contribution >= 0.6 is 23.2 Å². The topological polar surface area (TPSA) is 32.3 Å². The third-order valence-electron chi connectivity index (χ3n) is 2.75. The summed E-state index contributed by atoms with van der Waals surface area (Å²) in [4.78, 5) is 13.6. The van der Waals surface area contributed by atoms with Crippen molar-refractivity contribution in [3.63, 3.8) is 0 Å². The van der Waals surface area contributed by atoms with Gasteiger partial charge in [-0.2, -0.15) is 0 Å². The largest absolute Gasteiger partial charge is 0.315 e. The van der Waals surface area contributed by atoms with E-state index in [2.05, 4.69) is 5.32 Å². The van der Waals surface area contributed by atoms with Crippen molar-refractivity contribution in [2.45, 2.75) is 0 Å². The first-order chi connectivity index (χ1) is 7.59. The van der Waals surface area contributed by atoms with Crippen LogP contribution in [0.5, 0.6) is 0 Å². The summed E-state index contributed by atoms with van der Waals surface area (Å²) in [5, 5.41) is 4.03. The SMILES string of the molecule is CN(C(=O)C1CNC1)c1ccc(Cl)c(Cl)c1. The van der Waals surface area contributed by atoms with E-state index in [0.717, 1.165) is 18.8 Å². The molecule has 1 aliphatic rings. The van der Waals surface area contributed by atoms with Crippen LogP contribution in [0.15, 0.2) is 18.2 Å². The molecule has 0 unspecified atom stereocenters. The van der Waals surface area contributed by atoms with Crippen molar-refractivity contribution in [2.75, 3.05) is 25.0 Å². The van der Waals surface area contributed by atoms with Gasteiger partial charge in [-0.25, -0.2) is 0 Å². The van der Waals surface area contributed by atoms with Crippen molar-refractivity contribution >= 4 is 34.8 Å². The first-order valence-corrected chi connectivity index (χ1v) is 5.78. The Labute approximate surface area is 104 Å². The van der Waals surface area contributed by atoms with Crippen molar-refractivity contribution in [3.8, 4) is 0 Å². The minimum Gasteiger partial charge on any atom is -0.315 e. The summed E-state index contributed by atoms with van der Waals surface area (Å²) in [6.45, 7) is 1.51. The summed E-state index contributed by atoms with van der Waals surface area (Å²) in [6.07, 6.45) is 0. The summed E-state index contributed by atoms with van der Waals surface area (Å²) < 4.78 is 0. The molecule has 1 aliphatic heterocycles. The summed E-state index contributed by atoms with van der Waals surface area (Å²) in [7, 11) is 1.75. The molecule has 3 nitrogen and oxygen atoms in total. The van der Waals surface area contributed by atoms with Gasteiger partial charge >= 0.3 is 0 Å². The molecule has 16 heavy (non-hydrogen) atoms. The van der Waals surface area contributed by atoms with Gasteiger partial charge in [0.15, 0.2) is 0 Å². The highest BCUT2D eigenvalue weighted by molar-refractivity contribution is 6.42. The molecule has 0 bridgehead atoms. The van der Waals surface area contributed by atoms with E-state index in [1.807, 2.05) is 0 Å². The number of amides is 1. The molecular weight excluding hydrogens is 247 g/mol. The number of hydrogen-bond acceptors (Lipinski definition) is 2. The van der Waals surface area contributed by atoms with Gasteiger partial charge in [-0.15, -0.1) is 0 Å². The predicted molar refractivity (Wildman–Crippen MR) is 66.2 cm³/mol. The Balaban J connectivity index is 2.16. The molecule has 1 aromatic carbocycles. The fourth-order valence-electron chi connectivity index (χ4n) is 1.56. The molecule has 86 valence electrons. The number of halogens is 2. The Hall–Kier alpha value is -0.770. The molecule has 5 heteroatoms. The number of carbonyl (C=O) groups is 1. The van der Waals surface area contributed by atoms with Crippen molar-refractivity contribution < 1.29 is 4.79 Å². The maximum atomic E-state index is 11.9. The molecule has 1 amide bonds. The number of carbonyl (C=O) groups excluding carboxylic acids is 1. The minimum atomic E-state index is 0.0828. The molecule has 2 rings (SSSR count). The molecule has 0 saturated carbocycles. The lowest BCUT2D eigenvalue weighted by molar-refractivity contribution is -0.123. The number of anilines is 1. The summed E-state index contributed by atoms with van der Waals surface area (Å²) in [6, 6.07) is 5.19. The van der Waals surface area contributed by atoms with E-state index < -0.39 is 0 Å². The molecule has 0 aliphatic carbocycles. The third-order valence-corrected chi connectivity index (χ3v) is 3.49. The van der Waals surface area contributed by atoms with Crippen molar-refractivity contribution in [1.82, 2.24) is 5.32 Å². The van der Waals surface area contributed by atoms with Crippen molar-refractivity contribution in [2.24, 2.45) is 5.92 Å². The van der Waals surface area contributed by atoms with Crippen molar-refractivity contribution in [1.29, 1.82) is 0 Å². The second-order valence-corrected chi connectivity index (χ2v) is 4.67. The van der Waals surface area contributed by atoms with E-state index in [4.69, 9.17) is 23.2 Å². The maximum absolute atomic E-state index is 11.9. The number of benzene rings is 1. The van der Waals surface area contributed by atoms with Gasteiger partial charge in [0, 0.05) is 25.8 Å². The quantitative estimate of drug-likeness (QED) is 0.882. The van der Waals surface area contributed by atoms with Crippen LogP contribution in [0.25, 0.3) is 0 Å². The smallest absolute Gasteiger partial charge is 0.232 e. The summed E-state index contributed by atoms with van der Waals surface area (Å²) >= 11 is 11.7. The Morgan fingerprint density at radius 2 is 2.06 bits per heavy atom. The van der Waals surface area contributed by atoms with Crippen LogP contribution in [0.4, 0.5) is 5.69 Å². The van der Waals surface area contributed by atoms with Gasteiger partial charge < -0.3 is 10.2 Å². The molecular formula is C11H12Cl2N2O. The maximum Gasteiger partial charge on any atom is 0.232 e. The van der Waals surface area contributed by atoms with Crippen LogP contribution in [0.2, 0.25) is 10.0 Å². The van der Waals surface area contributed by atoms with Gasteiger partial charge in [0.2, 0.25) is 5.91 Å². The molecule has 1 fully saturated rings. The number of rotatable bonds is 2. The van der Waals surface area contributed by atoms with Gasteiger partial charge in [-0.1, -0.05) is 23.2 Å². The Bertz CT molecular complexity index is 418. The van der Waals surface area contributed by atoms with E-state index in [-0.39, 0.29) is 11.8 Å². The number of nitrogens with one attached hydrogen (secondary N) is 1. The van der Waals surface area contributed by atoms with E-state index in [0.29, 0.717) is 10.0 Å². The molecule has 0 aromatic heterocycles. The highest BCUT2D eigenvalue weighted by atomic mass is 35.5. The van der Waals surface area contributed by atoms with Crippen LogP contribution in [-0.2, 0) is 4.79 Å². The van der Waals surface area contributed by atoms with Crippen LogP contribution in [0.1, 0.15) is 0 Å². The molecule has 1 N–H and O–H groups in total. The molecule has 0 atom stereocenters. The van der Waals surface area contributed by atoms with Gasteiger partial charge in [-0.3, -0.25) is 4.79 Å². The van der Waals surface area contributed by atoms with Crippen LogP contribution in [0.3, 0.4) is 0 Å². The zero-order valence-corrected chi connectivity index (χ0v) is 10.3.